The molecule has 0 fully saturated rings. The van der Waals surface area contributed by atoms with Crippen LogP contribution in [-0.2, 0) is 16.3 Å². The summed E-state index contributed by atoms with van der Waals surface area (Å²) in [6.07, 6.45) is -4.98. The Hall–Kier alpha value is -2.04. The van der Waals surface area contributed by atoms with Crippen molar-refractivity contribution in [3.05, 3.63) is 36.0 Å². The first-order valence-corrected chi connectivity index (χ1v) is 6.80. The molecule has 0 bridgehead atoms. The molecule has 0 N–H and O–H groups in total. The van der Waals surface area contributed by atoms with Gasteiger partial charge in [0.25, 0.3) is 0 Å². The topological polar surface area (TPSA) is 56.3 Å². The quantitative estimate of drug-likeness (QED) is 0.475. The number of rotatable bonds is 2. The molecular weight excluding hydrogens is 340 g/mol. The van der Waals surface area contributed by atoms with Gasteiger partial charge in [0.15, 0.2) is 5.75 Å². The van der Waals surface area contributed by atoms with Crippen molar-refractivity contribution in [1.82, 2.24) is 4.98 Å². The van der Waals surface area contributed by atoms with E-state index in [-0.39, 0.29) is 17.0 Å². The monoisotopic (exact) mass is 345 g/mol. The fraction of sp³-hybridized carbons (Fsp3) is 0.182. The van der Waals surface area contributed by atoms with E-state index < -0.39 is 33.2 Å². The summed E-state index contributed by atoms with van der Waals surface area (Å²) in [5.41, 5.74) is -7.70. The van der Waals surface area contributed by atoms with Gasteiger partial charge in [0.2, 0.25) is 0 Å². The van der Waals surface area contributed by atoms with Crippen molar-refractivity contribution >= 4 is 21.0 Å². The van der Waals surface area contributed by atoms with Crippen LogP contribution in [0.15, 0.2) is 30.3 Å². The summed E-state index contributed by atoms with van der Waals surface area (Å²) in [5.74, 6) is -1.10. The largest absolute Gasteiger partial charge is 0.534 e. The van der Waals surface area contributed by atoms with Crippen LogP contribution in [0, 0.1) is 0 Å². The first kappa shape index (κ1) is 16.3. The van der Waals surface area contributed by atoms with Crippen molar-refractivity contribution in [2.45, 2.75) is 11.7 Å². The van der Waals surface area contributed by atoms with E-state index in [1.54, 1.807) is 0 Å². The predicted molar refractivity (Wildman–Crippen MR) is 62.3 cm³/mol. The van der Waals surface area contributed by atoms with E-state index >= 15 is 0 Å². The van der Waals surface area contributed by atoms with Gasteiger partial charge in [-0.05, 0) is 12.1 Å². The number of aromatic nitrogens is 1. The molecule has 0 spiro atoms. The van der Waals surface area contributed by atoms with Gasteiger partial charge in [0.1, 0.15) is 5.69 Å². The maximum atomic E-state index is 12.7. The number of hydrogen-bond donors (Lipinski definition) is 0. The van der Waals surface area contributed by atoms with E-state index in [9.17, 15) is 34.8 Å². The van der Waals surface area contributed by atoms with Crippen molar-refractivity contribution in [2.24, 2.45) is 0 Å². The van der Waals surface area contributed by atoms with Gasteiger partial charge in [-0.2, -0.15) is 34.8 Å². The minimum absolute atomic E-state index is 0.103. The maximum absolute atomic E-state index is 12.7. The summed E-state index contributed by atoms with van der Waals surface area (Å²) in [4.78, 5) is 3.22. The first-order chi connectivity index (χ1) is 9.92. The molecule has 0 radical (unpaired) electrons. The Balaban J connectivity index is 2.67. The third-order valence-corrected chi connectivity index (χ3v) is 3.42. The predicted octanol–water partition coefficient (Wildman–Crippen LogP) is 3.48. The van der Waals surface area contributed by atoms with E-state index in [2.05, 4.69) is 9.17 Å². The molecule has 0 aliphatic heterocycles. The van der Waals surface area contributed by atoms with Gasteiger partial charge < -0.3 is 4.18 Å². The minimum Gasteiger partial charge on any atom is -0.375 e. The standard InChI is InChI=1S/C11H5F6NO3S/c12-10(13,14)9-5-8(21-22(19,20)11(15,16)17)6-3-1-2-4-7(6)18-9/h1-5H. The lowest BCUT2D eigenvalue weighted by Gasteiger charge is -2.13. The van der Waals surface area contributed by atoms with Gasteiger partial charge in [-0.25, -0.2) is 4.98 Å². The lowest BCUT2D eigenvalue weighted by atomic mass is 10.2. The van der Waals surface area contributed by atoms with E-state index in [4.69, 9.17) is 0 Å². The second-order valence-corrected chi connectivity index (χ2v) is 5.54. The average molecular weight is 345 g/mol. The Labute approximate surface area is 119 Å². The van der Waals surface area contributed by atoms with Gasteiger partial charge >= 0.3 is 21.8 Å². The summed E-state index contributed by atoms with van der Waals surface area (Å²) < 4.78 is 101. The van der Waals surface area contributed by atoms with Gasteiger partial charge in [0.05, 0.1) is 5.52 Å². The lowest BCUT2D eigenvalue weighted by molar-refractivity contribution is -0.141. The molecule has 0 aliphatic carbocycles. The molecule has 0 saturated carbocycles. The fourth-order valence-corrected chi connectivity index (χ4v) is 1.99. The average Bonchev–Trinajstić information content (AvgIpc) is 2.35. The number of nitrogens with zero attached hydrogens (tertiary/aromatic N) is 1. The highest BCUT2D eigenvalue weighted by Gasteiger charge is 2.49. The number of fused-ring (bicyclic) bond motifs is 1. The Morgan fingerprint density at radius 2 is 1.59 bits per heavy atom. The van der Waals surface area contributed by atoms with Gasteiger partial charge in [-0.1, -0.05) is 12.1 Å². The number of hydrogen-bond acceptors (Lipinski definition) is 4. The highest BCUT2D eigenvalue weighted by molar-refractivity contribution is 7.88. The SMILES string of the molecule is O=S(=O)(Oc1cc(C(F)(F)F)nc2ccccc12)C(F)(F)F. The first-order valence-electron chi connectivity index (χ1n) is 5.39. The molecule has 2 aromatic rings. The van der Waals surface area contributed by atoms with Crippen LogP contribution >= 0.6 is 0 Å². The molecule has 1 aromatic heterocycles. The van der Waals surface area contributed by atoms with Crippen LogP contribution < -0.4 is 4.18 Å². The molecule has 120 valence electrons. The van der Waals surface area contributed by atoms with Crippen molar-refractivity contribution in [1.29, 1.82) is 0 Å². The van der Waals surface area contributed by atoms with Crippen LogP contribution in [0.4, 0.5) is 26.3 Å². The third-order valence-electron chi connectivity index (χ3n) is 2.45. The normalized spacial score (nSPS) is 13.4. The van der Waals surface area contributed by atoms with Crippen molar-refractivity contribution in [2.75, 3.05) is 0 Å². The van der Waals surface area contributed by atoms with Gasteiger partial charge in [0, 0.05) is 11.5 Å². The van der Waals surface area contributed by atoms with Gasteiger partial charge in [-0.15, -0.1) is 0 Å². The molecule has 2 rings (SSSR count). The van der Waals surface area contributed by atoms with Crippen molar-refractivity contribution in [3.63, 3.8) is 0 Å². The van der Waals surface area contributed by atoms with Crippen LogP contribution in [0.1, 0.15) is 5.69 Å². The Morgan fingerprint density at radius 1 is 1.00 bits per heavy atom. The number of para-hydroxylation sites is 1. The number of halogens is 6. The van der Waals surface area contributed by atoms with Crippen LogP contribution in [0.5, 0.6) is 5.75 Å². The highest BCUT2D eigenvalue weighted by atomic mass is 32.2. The van der Waals surface area contributed by atoms with Crippen molar-refractivity contribution in [3.8, 4) is 5.75 Å². The lowest BCUT2D eigenvalue weighted by Crippen LogP contribution is -2.28. The highest BCUT2D eigenvalue weighted by Crippen LogP contribution is 2.36. The Kier molecular flexibility index (Phi) is 3.71. The number of benzene rings is 1. The molecule has 1 aromatic carbocycles. The molecule has 0 atom stereocenters. The summed E-state index contributed by atoms with van der Waals surface area (Å²) >= 11 is 0. The second-order valence-electron chi connectivity index (χ2n) is 4.00. The Morgan fingerprint density at radius 3 is 2.14 bits per heavy atom. The molecule has 0 unspecified atom stereocenters. The molecular formula is C11H5F6NO3S. The van der Waals surface area contributed by atoms with E-state index in [0.717, 1.165) is 12.1 Å². The van der Waals surface area contributed by atoms with Crippen LogP contribution in [0.3, 0.4) is 0 Å². The molecule has 1 heterocycles. The smallest absolute Gasteiger partial charge is 0.375 e. The van der Waals surface area contributed by atoms with Crippen LogP contribution in [0.25, 0.3) is 10.9 Å². The minimum atomic E-state index is -6.10. The number of alkyl halides is 6. The zero-order valence-electron chi connectivity index (χ0n) is 10.2. The third kappa shape index (κ3) is 3.08. The molecule has 0 aliphatic rings. The molecule has 4 nitrogen and oxygen atoms in total. The van der Waals surface area contributed by atoms with Crippen molar-refractivity contribution < 1.29 is 38.9 Å². The molecule has 22 heavy (non-hydrogen) atoms. The van der Waals surface area contributed by atoms with Crippen LogP contribution in [0.2, 0.25) is 0 Å². The molecule has 11 heteroatoms. The summed E-state index contributed by atoms with van der Waals surface area (Å²) in [5, 5.41) is -0.302. The van der Waals surface area contributed by atoms with E-state index in [0.29, 0.717) is 0 Å². The summed E-state index contributed by atoms with van der Waals surface area (Å²) in [6.45, 7) is 0. The van der Waals surface area contributed by atoms with E-state index in [1.165, 1.54) is 12.1 Å². The summed E-state index contributed by atoms with van der Waals surface area (Å²) in [7, 11) is -6.10. The second kappa shape index (κ2) is 5.00. The van der Waals surface area contributed by atoms with Gasteiger partial charge in [-0.3, -0.25) is 0 Å². The zero-order chi connectivity index (χ0) is 16.8. The zero-order valence-corrected chi connectivity index (χ0v) is 11.1. The summed E-state index contributed by atoms with van der Waals surface area (Å²) in [6, 6.07) is 4.84. The maximum Gasteiger partial charge on any atom is 0.534 e. The molecule has 0 amide bonds. The number of pyridine rings is 1. The van der Waals surface area contributed by atoms with Crippen LogP contribution in [-0.4, -0.2) is 18.9 Å². The molecule has 0 saturated heterocycles. The fourth-order valence-electron chi connectivity index (χ4n) is 1.52. The Bertz CT molecular complexity index is 813. The van der Waals surface area contributed by atoms with E-state index in [1.807, 2.05) is 0 Å².